The molecule has 2 saturated heterocycles. The molecule has 2 heterocycles. The minimum atomic E-state index is 0.259. The fourth-order valence-corrected chi connectivity index (χ4v) is 3.95. The van der Waals surface area contributed by atoms with Crippen molar-refractivity contribution in [3.63, 3.8) is 0 Å². The van der Waals surface area contributed by atoms with E-state index in [0.717, 1.165) is 70.7 Å². The van der Waals surface area contributed by atoms with E-state index in [1.165, 1.54) is 5.56 Å². The van der Waals surface area contributed by atoms with Gasteiger partial charge in [0.05, 0.1) is 33.0 Å². The predicted octanol–water partition coefficient (Wildman–Crippen LogP) is 1.61. The van der Waals surface area contributed by atoms with Crippen molar-refractivity contribution in [2.45, 2.75) is 12.5 Å². The lowest BCUT2D eigenvalue weighted by Gasteiger charge is -2.36. The summed E-state index contributed by atoms with van der Waals surface area (Å²) in [6.45, 7) is 6.92. The molecule has 2 fully saturated rings. The van der Waals surface area contributed by atoms with Crippen LogP contribution in [0.15, 0.2) is 29.3 Å². The molecule has 2 aliphatic heterocycles. The Morgan fingerprint density at radius 3 is 2.61 bits per heavy atom. The van der Waals surface area contributed by atoms with Crippen LogP contribution in [0.2, 0.25) is 0 Å². The number of nitrogens with one attached hydrogen (secondary N) is 1. The minimum Gasteiger partial charge on any atom is -0.497 e. The Kier molecular flexibility index (Phi) is 7.94. The zero-order chi connectivity index (χ0) is 19.8. The van der Waals surface area contributed by atoms with Gasteiger partial charge in [0, 0.05) is 52.8 Å². The Morgan fingerprint density at radius 2 is 2.00 bits per heavy atom. The van der Waals surface area contributed by atoms with Crippen molar-refractivity contribution in [3.8, 4) is 5.75 Å². The summed E-state index contributed by atoms with van der Waals surface area (Å²) >= 11 is 0. The summed E-state index contributed by atoms with van der Waals surface area (Å²) in [6, 6.07) is 8.63. The van der Waals surface area contributed by atoms with Crippen LogP contribution in [0, 0.1) is 5.92 Å². The van der Waals surface area contributed by atoms with E-state index in [1.807, 2.05) is 19.2 Å². The van der Waals surface area contributed by atoms with Gasteiger partial charge in [-0.2, -0.15) is 0 Å². The minimum absolute atomic E-state index is 0.259. The molecule has 0 amide bonds. The number of rotatable bonds is 7. The number of hydrogen-bond acceptors (Lipinski definition) is 5. The molecule has 1 N–H and O–H groups in total. The number of hydrogen-bond donors (Lipinski definition) is 1. The smallest absolute Gasteiger partial charge is 0.193 e. The molecule has 2 aliphatic rings. The monoisotopic (exact) mass is 390 g/mol. The van der Waals surface area contributed by atoms with Crippen LogP contribution < -0.4 is 10.1 Å². The van der Waals surface area contributed by atoms with Crippen molar-refractivity contribution >= 4 is 5.96 Å². The Morgan fingerprint density at radius 1 is 1.25 bits per heavy atom. The number of nitrogens with zero attached hydrogens (tertiary/aromatic N) is 3. The summed E-state index contributed by atoms with van der Waals surface area (Å²) in [7, 11) is 5.65. The van der Waals surface area contributed by atoms with E-state index in [4.69, 9.17) is 14.2 Å². The highest BCUT2D eigenvalue weighted by Crippen LogP contribution is 2.24. The van der Waals surface area contributed by atoms with Crippen LogP contribution >= 0.6 is 0 Å². The average Bonchev–Trinajstić information content (AvgIpc) is 3.25. The molecule has 7 heteroatoms. The van der Waals surface area contributed by atoms with Gasteiger partial charge in [0.2, 0.25) is 0 Å². The normalized spacial score (nSPS) is 22.1. The molecule has 156 valence electrons. The van der Waals surface area contributed by atoms with Crippen molar-refractivity contribution in [1.29, 1.82) is 0 Å². The molecule has 0 aliphatic carbocycles. The van der Waals surface area contributed by atoms with Crippen molar-refractivity contribution in [3.05, 3.63) is 29.8 Å². The maximum absolute atomic E-state index is 5.56. The van der Waals surface area contributed by atoms with Crippen molar-refractivity contribution in [2.24, 2.45) is 10.9 Å². The lowest BCUT2D eigenvalue weighted by atomic mass is 10.0. The second kappa shape index (κ2) is 10.6. The van der Waals surface area contributed by atoms with E-state index in [9.17, 15) is 0 Å². The maximum atomic E-state index is 5.56. The first-order chi connectivity index (χ1) is 13.7. The molecule has 2 unspecified atom stereocenters. The highest BCUT2D eigenvalue weighted by atomic mass is 16.5. The molecule has 1 aromatic rings. The topological polar surface area (TPSA) is 58.6 Å². The Balaban J connectivity index is 1.65. The lowest BCUT2D eigenvalue weighted by molar-refractivity contribution is 0.0169. The third-order valence-corrected chi connectivity index (χ3v) is 5.57. The lowest BCUT2D eigenvalue weighted by Crippen LogP contribution is -2.47. The molecule has 0 bridgehead atoms. The van der Waals surface area contributed by atoms with Gasteiger partial charge in [-0.1, -0.05) is 12.1 Å². The number of ether oxygens (including phenoxy) is 3. The van der Waals surface area contributed by atoms with Gasteiger partial charge < -0.3 is 24.4 Å². The predicted molar refractivity (Wildman–Crippen MR) is 111 cm³/mol. The molecule has 1 aromatic carbocycles. The quantitative estimate of drug-likeness (QED) is 0.564. The van der Waals surface area contributed by atoms with Gasteiger partial charge in [0.15, 0.2) is 5.96 Å². The molecule has 28 heavy (non-hydrogen) atoms. The summed E-state index contributed by atoms with van der Waals surface area (Å²) < 4.78 is 16.4. The SMILES string of the molecule is CN=C(NCC(c1ccc(OC)cc1)N1CCOCC1)N(C)CC1CCOC1. The summed E-state index contributed by atoms with van der Waals surface area (Å²) in [6.07, 6.45) is 1.13. The fourth-order valence-electron chi connectivity index (χ4n) is 3.95. The van der Waals surface area contributed by atoms with Crippen LogP contribution in [0.25, 0.3) is 0 Å². The zero-order valence-electron chi connectivity index (χ0n) is 17.4. The van der Waals surface area contributed by atoms with E-state index >= 15 is 0 Å². The molecular weight excluding hydrogens is 356 g/mol. The summed E-state index contributed by atoms with van der Waals surface area (Å²) in [4.78, 5) is 9.19. The first kappa shape index (κ1) is 20.9. The first-order valence-corrected chi connectivity index (χ1v) is 10.2. The molecular formula is C21H34N4O3. The van der Waals surface area contributed by atoms with Crippen LogP contribution in [0.1, 0.15) is 18.0 Å². The third-order valence-electron chi connectivity index (χ3n) is 5.57. The van der Waals surface area contributed by atoms with Gasteiger partial charge in [-0.15, -0.1) is 0 Å². The Labute approximate surface area is 168 Å². The number of morpholine rings is 1. The van der Waals surface area contributed by atoms with E-state index in [1.54, 1.807) is 7.11 Å². The summed E-state index contributed by atoms with van der Waals surface area (Å²) in [5.74, 6) is 2.39. The van der Waals surface area contributed by atoms with Gasteiger partial charge >= 0.3 is 0 Å². The first-order valence-electron chi connectivity index (χ1n) is 10.2. The molecule has 0 aromatic heterocycles. The molecule has 0 radical (unpaired) electrons. The number of benzene rings is 1. The Bertz CT molecular complexity index is 611. The van der Waals surface area contributed by atoms with Crippen LogP contribution in [-0.2, 0) is 9.47 Å². The van der Waals surface area contributed by atoms with Crippen LogP contribution in [0.3, 0.4) is 0 Å². The number of guanidine groups is 1. The average molecular weight is 391 g/mol. The van der Waals surface area contributed by atoms with Crippen molar-refractivity contribution in [1.82, 2.24) is 15.1 Å². The van der Waals surface area contributed by atoms with Crippen LogP contribution in [0.5, 0.6) is 5.75 Å². The molecule has 2 atom stereocenters. The van der Waals surface area contributed by atoms with Gasteiger partial charge in [0.1, 0.15) is 5.75 Å². The molecule has 7 nitrogen and oxygen atoms in total. The van der Waals surface area contributed by atoms with Gasteiger partial charge in [-0.05, 0) is 24.1 Å². The van der Waals surface area contributed by atoms with Gasteiger partial charge in [0.25, 0.3) is 0 Å². The van der Waals surface area contributed by atoms with Crippen LogP contribution in [-0.4, -0.2) is 89.6 Å². The van der Waals surface area contributed by atoms with Gasteiger partial charge in [-0.25, -0.2) is 0 Å². The van der Waals surface area contributed by atoms with E-state index in [0.29, 0.717) is 5.92 Å². The van der Waals surface area contributed by atoms with Gasteiger partial charge in [-0.3, -0.25) is 9.89 Å². The van der Waals surface area contributed by atoms with Crippen molar-refractivity contribution in [2.75, 3.05) is 73.8 Å². The second-order valence-corrected chi connectivity index (χ2v) is 7.48. The number of aliphatic imine (C=N–C) groups is 1. The zero-order valence-corrected chi connectivity index (χ0v) is 17.4. The Hall–Kier alpha value is -1.83. The molecule has 0 saturated carbocycles. The summed E-state index contributed by atoms with van der Waals surface area (Å²) in [5.41, 5.74) is 1.28. The standard InChI is InChI=1S/C21H34N4O3/c1-22-21(24(2)15-17-8-11-28-16-17)23-14-20(25-9-12-27-13-10-25)18-4-6-19(26-3)7-5-18/h4-7,17,20H,8-16H2,1-3H3,(H,22,23). The number of methoxy groups -OCH3 is 1. The highest BCUT2D eigenvalue weighted by Gasteiger charge is 2.24. The molecule has 0 spiro atoms. The third kappa shape index (κ3) is 5.59. The largest absolute Gasteiger partial charge is 0.497 e. The van der Waals surface area contributed by atoms with Crippen molar-refractivity contribution < 1.29 is 14.2 Å². The van der Waals surface area contributed by atoms with E-state index in [2.05, 4.69) is 39.3 Å². The molecule has 3 rings (SSSR count). The van der Waals surface area contributed by atoms with E-state index in [-0.39, 0.29) is 6.04 Å². The second-order valence-electron chi connectivity index (χ2n) is 7.48. The van der Waals surface area contributed by atoms with Crippen LogP contribution in [0.4, 0.5) is 0 Å². The van der Waals surface area contributed by atoms with E-state index < -0.39 is 0 Å². The maximum Gasteiger partial charge on any atom is 0.193 e. The fraction of sp³-hybridized carbons (Fsp3) is 0.667. The summed E-state index contributed by atoms with van der Waals surface area (Å²) in [5, 5.41) is 3.59. The highest BCUT2D eigenvalue weighted by molar-refractivity contribution is 5.79.